The van der Waals surface area contributed by atoms with Crippen LogP contribution in [0.4, 0.5) is 15.8 Å². The molecule has 0 aliphatic heterocycles. The summed E-state index contributed by atoms with van der Waals surface area (Å²) >= 11 is 0. The highest BCUT2D eigenvalue weighted by Crippen LogP contribution is 2.18. The van der Waals surface area contributed by atoms with Crippen LogP contribution in [0.1, 0.15) is 5.56 Å². The summed E-state index contributed by atoms with van der Waals surface area (Å²) in [5.74, 6) is -0.669. The maximum absolute atomic E-state index is 13.5. The van der Waals surface area contributed by atoms with Crippen molar-refractivity contribution in [1.82, 2.24) is 5.32 Å². The molecular formula is C18H18FN3O4. The zero-order valence-electron chi connectivity index (χ0n) is 14.1. The highest BCUT2D eigenvalue weighted by Gasteiger charge is 2.04. The number of nitrogens with zero attached hydrogens (tertiary/aromatic N) is 1. The number of halogens is 1. The number of benzene rings is 2. The predicted octanol–water partition coefficient (Wildman–Crippen LogP) is 2.98. The summed E-state index contributed by atoms with van der Waals surface area (Å²) in [7, 11) is 1.38. The third kappa shape index (κ3) is 5.59. The Morgan fingerprint density at radius 3 is 2.58 bits per heavy atom. The van der Waals surface area contributed by atoms with Gasteiger partial charge >= 0.3 is 0 Å². The first-order valence-corrected chi connectivity index (χ1v) is 7.77. The molecule has 0 aromatic heterocycles. The molecule has 0 unspecified atom stereocenters. The molecule has 1 amide bonds. The smallest absolute Gasteiger partial charge is 0.269 e. The quantitative estimate of drug-likeness (QED) is 0.327. The topological polar surface area (TPSA) is 93.5 Å². The third-order valence-corrected chi connectivity index (χ3v) is 3.43. The van der Waals surface area contributed by atoms with Gasteiger partial charge in [0.15, 0.2) is 11.6 Å². The van der Waals surface area contributed by atoms with Gasteiger partial charge in [0.1, 0.15) is 0 Å². The van der Waals surface area contributed by atoms with E-state index < -0.39 is 10.7 Å². The van der Waals surface area contributed by atoms with Crippen LogP contribution in [0.5, 0.6) is 5.75 Å². The number of carbonyl (C=O) groups excluding carboxylic acids is 1. The lowest BCUT2D eigenvalue weighted by Gasteiger charge is -2.06. The summed E-state index contributed by atoms with van der Waals surface area (Å²) in [6, 6.07) is 10.4. The average molecular weight is 359 g/mol. The van der Waals surface area contributed by atoms with Crippen LogP contribution >= 0.6 is 0 Å². The largest absolute Gasteiger partial charge is 0.494 e. The van der Waals surface area contributed by atoms with Crippen LogP contribution in [0.3, 0.4) is 0 Å². The molecule has 0 fully saturated rings. The van der Waals surface area contributed by atoms with Crippen molar-refractivity contribution >= 4 is 23.4 Å². The molecule has 26 heavy (non-hydrogen) atoms. The number of non-ortho nitro benzene ring substituents is 1. The van der Waals surface area contributed by atoms with E-state index in [0.717, 1.165) is 0 Å². The van der Waals surface area contributed by atoms with E-state index in [9.17, 15) is 19.3 Å². The number of anilines is 1. The minimum absolute atomic E-state index is 0.0176. The van der Waals surface area contributed by atoms with Gasteiger partial charge in [0.25, 0.3) is 5.69 Å². The number of amides is 1. The van der Waals surface area contributed by atoms with Crippen molar-refractivity contribution in [3.8, 4) is 5.75 Å². The molecule has 0 saturated heterocycles. The molecule has 0 radical (unpaired) electrons. The van der Waals surface area contributed by atoms with E-state index in [1.165, 1.54) is 43.5 Å². The molecule has 2 aromatic rings. The monoisotopic (exact) mass is 359 g/mol. The molecule has 7 nitrogen and oxygen atoms in total. The molecule has 2 aromatic carbocycles. The van der Waals surface area contributed by atoms with E-state index in [4.69, 9.17) is 4.74 Å². The predicted molar refractivity (Wildman–Crippen MR) is 96.6 cm³/mol. The van der Waals surface area contributed by atoms with Gasteiger partial charge in [-0.2, -0.15) is 0 Å². The molecule has 0 aliphatic carbocycles. The Morgan fingerprint density at radius 1 is 1.23 bits per heavy atom. The van der Waals surface area contributed by atoms with E-state index in [-0.39, 0.29) is 17.3 Å². The van der Waals surface area contributed by atoms with Crippen LogP contribution in [0.15, 0.2) is 48.5 Å². The fourth-order valence-corrected chi connectivity index (χ4v) is 2.11. The average Bonchev–Trinajstić information content (AvgIpc) is 2.64. The number of carbonyl (C=O) groups is 1. The maximum atomic E-state index is 13.5. The zero-order valence-corrected chi connectivity index (χ0v) is 14.1. The van der Waals surface area contributed by atoms with Crippen molar-refractivity contribution in [2.45, 2.75) is 0 Å². The van der Waals surface area contributed by atoms with Crippen LogP contribution in [-0.4, -0.2) is 31.0 Å². The fourth-order valence-electron chi connectivity index (χ4n) is 2.11. The number of rotatable bonds is 8. The summed E-state index contributed by atoms with van der Waals surface area (Å²) < 4.78 is 18.4. The number of nitrogens with one attached hydrogen (secondary N) is 2. The molecule has 136 valence electrons. The molecule has 2 rings (SSSR count). The Kier molecular flexibility index (Phi) is 6.67. The number of hydrogen-bond donors (Lipinski definition) is 2. The summed E-state index contributed by atoms with van der Waals surface area (Å²) in [6.07, 6.45) is 2.81. The second kappa shape index (κ2) is 9.16. The van der Waals surface area contributed by atoms with Crippen LogP contribution in [-0.2, 0) is 4.79 Å². The molecular weight excluding hydrogens is 341 g/mol. The number of nitro groups is 1. The number of methoxy groups -OCH3 is 1. The van der Waals surface area contributed by atoms with Gasteiger partial charge in [-0.25, -0.2) is 4.39 Å². The van der Waals surface area contributed by atoms with Gasteiger partial charge in [-0.3, -0.25) is 14.9 Å². The van der Waals surface area contributed by atoms with E-state index in [1.54, 1.807) is 18.2 Å². The normalized spacial score (nSPS) is 10.5. The Balaban J connectivity index is 1.74. The van der Waals surface area contributed by atoms with Gasteiger partial charge in [0, 0.05) is 37.0 Å². The van der Waals surface area contributed by atoms with Crippen molar-refractivity contribution in [2.24, 2.45) is 0 Å². The maximum Gasteiger partial charge on any atom is 0.269 e. The van der Waals surface area contributed by atoms with Gasteiger partial charge in [-0.05, 0) is 35.9 Å². The van der Waals surface area contributed by atoms with Gasteiger partial charge in [0.05, 0.1) is 12.0 Å². The van der Waals surface area contributed by atoms with Gasteiger partial charge < -0.3 is 15.4 Å². The second-order valence-corrected chi connectivity index (χ2v) is 5.25. The summed E-state index contributed by atoms with van der Waals surface area (Å²) in [5, 5.41) is 16.3. The molecule has 0 aliphatic rings. The zero-order chi connectivity index (χ0) is 18.9. The standard InChI is InChI=1S/C18H18FN3O4/c1-26-17-8-2-13(12-16(17)19)3-9-18(23)21-11-10-20-14-4-6-15(7-5-14)22(24)25/h2-9,12,20H,10-11H2,1H3,(H,21,23)/b9-3+. The molecule has 8 heteroatoms. The van der Waals surface area contributed by atoms with Crippen LogP contribution in [0, 0.1) is 15.9 Å². The lowest BCUT2D eigenvalue weighted by molar-refractivity contribution is -0.384. The highest BCUT2D eigenvalue weighted by molar-refractivity contribution is 5.91. The summed E-state index contributed by atoms with van der Waals surface area (Å²) in [4.78, 5) is 21.8. The lowest BCUT2D eigenvalue weighted by atomic mass is 10.2. The fraction of sp³-hybridized carbons (Fsp3) is 0.167. The van der Waals surface area contributed by atoms with E-state index in [1.807, 2.05) is 0 Å². The number of nitro benzene ring substituents is 1. The van der Waals surface area contributed by atoms with E-state index >= 15 is 0 Å². The molecule has 2 N–H and O–H groups in total. The Labute approximate surface area is 149 Å². The SMILES string of the molecule is COc1ccc(/C=C/C(=O)NCCNc2ccc([N+](=O)[O-])cc2)cc1F. The molecule has 0 bridgehead atoms. The molecule has 0 saturated carbocycles. The van der Waals surface area contributed by atoms with Crippen LogP contribution in [0.25, 0.3) is 6.08 Å². The second-order valence-electron chi connectivity index (χ2n) is 5.25. The summed E-state index contributed by atoms with van der Waals surface area (Å²) in [6.45, 7) is 0.811. The first kappa shape index (κ1) is 18.9. The molecule has 0 atom stereocenters. The van der Waals surface area contributed by atoms with Gasteiger partial charge in [-0.1, -0.05) is 6.07 Å². The Bertz CT molecular complexity index is 807. The Hall–Kier alpha value is -3.42. The van der Waals surface area contributed by atoms with Crippen molar-refractivity contribution < 1.29 is 18.8 Å². The van der Waals surface area contributed by atoms with E-state index in [0.29, 0.717) is 24.3 Å². The third-order valence-electron chi connectivity index (χ3n) is 3.43. The van der Waals surface area contributed by atoms with Gasteiger partial charge in [-0.15, -0.1) is 0 Å². The summed E-state index contributed by atoms with van der Waals surface area (Å²) in [5.41, 5.74) is 1.28. The lowest BCUT2D eigenvalue weighted by Crippen LogP contribution is -2.27. The van der Waals surface area contributed by atoms with Crippen molar-refractivity contribution in [3.63, 3.8) is 0 Å². The first-order valence-electron chi connectivity index (χ1n) is 7.77. The highest BCUT2D eigenvalue weighted by atomic mass is 19.1. The molecule has 0 spiro atoms. The van der Waals surface area contributed by atoms with Crippen molar-refractivity contribution in [1.29, 1.82) is 0 Å². The first-order chi connectivity index (χ1) is 12.5. The molecule has 0 heterocycles. The number of ether oxygens (including phenoxy) is 1. The Morgan fingerprint density at radius 2 is 1.96 bits per heavy atom. The van der Waals surface area contributed by atoms with Crippen molar-refractivity contribution in [3.05, 3.63) is 70.0 Å². The van der Waals surface area contributed by atoms with E-state index in [2.05, 4.69) is 10.6 Å². The minimum Gasteiger partial charge on any atom is -0.494 e. The minimum atomic E-state index is -0.498. The van der Waals surface area contributed by atoms with Gasteiger partial charge in [0.2, 0.25) is 5.91 Å². The van der Waals surface area contributed by atoms with Crippen molar-refractivity contribution in [2.75, 3.05) is 25.5 Å². The van der Waals surface area contributed by atoms with Crippen LogP contribution in [0.2, 0.25) is 0 Å². The van der Waals surface area contributed by atoms with Crippen LogP contribution < -0.4 is 15.4 Å². The number of hydrogen-bond acceptors (Lipinski definition) is 5.